The van der Waals surface area contributed by atoms with E-state index in [1.807, 2.05) is 0 Å². The van der Waals surface area contributed by atoms with Gasteiger partial charge < -0.3 is 33.8 Å². The van der Waals surface area contributed by atoms with Crippen LogP contribution in [0.3, 0.4) is 0 Å². The lowest BCUT2D eigenvalue weighted by molar-refractivity contribution is -0.161. The molecule has 0 amide bonds. The summed E-state index contributed by atoms with van der Waals surface area (Å²) >= 11 is 0. The first-order chi connectivity index (χ1) is 37.9. The van der Waals surface area contributed by atoms with Crippen molar-refractivity contribution in [3.05, 3.63) is 0 Å². The third-order valence-electron chi connectivity index (χ3n) is 13.7. The number of rotatable bonds is 59. The molecule has 0 saturated heterocycles. The topological polar surface area (TPSA) is 237 Å². The van der Waals surface area contributed by atoms with Crippen molar-refractivity contribution < 1.29 is 80.2 Å². The van der Waals surface area contributed by atoms with E-state index >= 15 is 0 Å². The third-order valence-corrected chi connectivity index (χ3v) is 15.6. The molecule has 17 nitrogen and oxygen atoms in total. The van der Waals surface area contributed by atoms with Crippen LogP contribution in [0.25, 0.3) is 0 Å². The van der Waals surface area contributed by atoms with Gasteiger partial charge in [-0.3, -0.25) is 37.3 Å². The molecule has 0 heterocycles. The molecule has 0 spiro atoms. The molecule has 19 heteroatoms. The van der Waals surface area contributed by atoms with Gasteiger partial charge in [0.2, 0.25) is 0 Å². The van der Waals surface area contributed by atoms with E-state index in [-0.39, 0.29) is 25.7 Å². The summed E-state index contributed by atoms with van der Waals surface area (Å²) in [5.74, 6) is -0.726. The molecule has 3 N–H and O–H groups in total. The maximum absolute atomic E-state index is 12.9. The Morgan fingerprint density at radius 3 is 0.861 bits per heavy atom. The van der Waals surface area contributed by atoms with Gasteiger partial charge in [-0.2, -0.15) is 0 Å². The lowest BCUT2D eigenvalue weighted by atomic mass is 10.0. The van der Waals surface area contributed by atoms with E-state index in [1.54, 1.807) is 0 Å². The summed E-state index contributed by atoms with van der Waals surface area (Å²) in [7, 11) is -9.87. The minimum Gasteiger partial charge on any atom is -0.462 e. The Hall–Kier alpha value is -1.94. The highest BCUT2D eigenvalue weighted by Crippen LogP contribution is 2.45. The van der Waals surface area contributed by atoms with Crippen LogP contribution in [-0.2, 0) is 65.4 Å². The normalized spacial score (nSPS) is 14.4. The molecule has 2 unspecified atom stereocenters. The van der Waals surface area contributed by atoms with Crippen molar-refractivity contribution in [1.29, 1.82) is 0 Å². The Bertz CT molecular complexity index is 1560. The second-order valence-corrected chi connectivity index (χ2v) is 25.6. The van der Waals surface area contributed by atoms with Crippen molar-refractivity contribution in [2.75, 3.05) is 39.6 Å². The van der Waals surface area contributed by atoms with Gasteiger partial charge in [0.15, 0.2) is 12.2 Å². The molecule has 0 aliphatic heterocycles. The number of carbonyl (C=O) groups is 4. The monoisotopic (exact) mass is 1170 g/mol. The number of carbonyl (C=O) groups excluding carboxylic acids is 4. The van der Waals surface area contributed by atoms with Crippen LogP contribution in [0.15, 0.2) is 0 Å². The van der Waals surface area contributed by atoms with Crippen molar-refractivity contribution in [3.63, 3.8) is 0 Å². The first-order valence-corrected chi connectivity index (χ1v) is 34.5. The summed E-state index contributed by atoms with van der Waals surface area (Å²) in [6.45, 7) is 9.31. The van der Waals surface area contributed by atoms with E-state index in [2.05, 4.69) is 41.5 Å². The zero-order valence-corrected chi connectivity index (χ0v) is 52.4. The van der Waals surface area contributed by atoms with Crippen LogP contribution in [0.1, 0.15) is 292 Å². The fraction of sp³-hybridized carbons (Fsp3) is 0.933. The van der Waals surface area contributed by atoms with Gasteiger partial charge in [0.1, 0.15) is 19.3 Å². The summed E-state index contributed by atoms with van der Waals surface area (Å²) in [6.07, 6.45) is 33.7. The molecule has 79 heavy (non-hydrogen) atoms. The molecule has 468 valence electrons. The SMILES string of the molecule is CCCCCCCCCCCCC(=O)OC[C@H](COP(=O)(O)OC[C@@H](O)COP(=O)(O)OC[C@@H](COC(=O)CCCCCCCCC)OC(=O)CCCCCCCCC(C)C)OC(=O)CCCCCCCCCCCCC(C)C. The van der Waals surface area contributed by atoms with Crippen LogP contribution >= 0.6 is 15.6 Å². The molecule has 0 bridgehead atoms. The molecule has 0 aliphatic carbocycles. The lowest BCUT2D eigenvalue weighted by Crippen LogP contribution is -2.30. The van der Waals surface area contributed by atoms with E-state index in [9.17, 15) is 43.2 Å². The Morgan fingerprint density at radius 2 is 0.582 bits per heavy atom. The van der Waals surface area contributed by atoms with Crippen LogP contribution in [0.4, 0.5) is 0 Å². The second-order valence-electron chi connectivity index (χ2n) is 22.7. The van der Waals surface area contributed by atoms with E-state index in [1.165, 1.54) is 96.3 Å². The summed E-state index contributed by atoms with van der Waals surface area (Å²) in [5, 5.41) is 10.5. The molecule has 0 aromatic rings. The number of aliphatic hydroxyl groups is 1. The highest BCUT2D eigenvalue weighted by molar-refractivity contribution is 7.47. The largest absolute Gasteiger partial charge is 0.472 e. The molecule has 5 atom stereocenters. The number of ether oxygens (including phenoxy) is 4. The Morgan fingerprint density at radius 1 is 0.342 bits per heavy atom. The minimum atomic E-state index is -4.94. The number of hydrogen-bond donors (Lipinski definition) is 3. The van der Waals surface area contributed by atoms with E-state index in [0.29, 0.717) is 31.6 Å². The number of aliphatic hydroxyl groups excluding tert-OH is 1. The second kappa shape index (κ2) is 52.8. The van der Waals surface area contributed by atoms with Gasteiger partial charge in [-0.05, 0) is 37.5 Å². The van der Waals surface area contributed by atoms with Crippen LogP contribution < -0.4 is 0 Å². The maximum atomic E-state index is 12.9. The van der Waals surface area contributed by atoms with Crippen molar-refractivity contribution in [1.82, 2.24) is 0 Å². The Balaban J connectivity index is 5.21. The Labute approximate surface area is 479 Å². The summed E-state index contributed by atoms with van der Waals surface area (Å²) < 4.78 is 67.7. The lowest BCUT2D eigenvalue weighted by Gasteiger charge is -2.21. The van der Waals surface area contributed by atoms with Crippen LogP contribution in [0.2, 0.25) is 0 Å². The summed E-state index contributed by atoms with van der Waals surface area (Å²) in [4.78, 5) is 71.8. The predicted octanol–water partition coefficient (Wildman–Crippen LogP) is 16.1. The Kier molecular flexibility index (Phi) is 51.5. The zero-order valence-electron chi connectivity index (χ0n) is 50.7. The minimum absolute atomic E-state index is 0.101. The average Bonchev–Trinajstić information content (AvgIpc) is 3.40. The van der Waals surface area contributed by atoms with Crippen molar-refractivity contribution >= 4 is 39.5 Å². The number of phosphoric ester groups is 2. The highest BCUT2D eigenvalue weighted by atomic mass is 31.2. The van der Waals surface area contributed by atoms with Gasteiger partial charge in [-0.25, -0.2) is 9.13 Å². The molecule has 0 rings (SSSR count). The maximum Gasteiger partial charge on any atom is 0.472 e. The van der Waals surface area contributed by atoms with Crippen LogP contribution in [0.5, 0.6) is 0 Å². The summed E-state index contributed by atoms with van der Waals surface area (Å²) in [6, 6.07) is 0. The van der Waals surface area contributed by atoms with Crippen molar-refractivity contribution in [2.45, 2.75) is 310 Å². The number of esters is 4. The number of unbranched alkanes of at least 4 members (excludes halogenated alkanes) is 29. The van der Waals surface area contributed by atoms with E-state index < -0.39 is 97.5 Å². The van der Waals surface area contributed by atoms with Crippen molar-refractivity contribution in [3.8, 4) is 0 Å². The molecular formula is C60H116O17P2. The molecular weight excluding hydrogens is 1050 g/mol. The third kappa shape index (κ3) is 55.0. The first-order valence-electron chi connectivity index (χ1n) is 31.5. The molecule has 0 aliphatic rings. The van der Waals surface area contributed by atoms with Gasteiger partial charge >= 0.3 is 39.5 Å². The first kappa shape index (κ1) is 77.1. The fourth-order valence-corrected chi connectivity index (χ4v) is 10.4. The van der Waals surface area contributed by atoms with E-state index in [0.717, 1.165) is 109 Å². The standard InChI is InChI=1S/C60H116O17P2/c1-7-9-11-13-15-16-20-24-31-37-43-58(63)71-49-55(76-59(64)44-38-32-25-21-18-17-19-23-28-34-40-52(3)4)50-74-78(66,67)72-46-54(61)47-73-79(68,69)75-51-56(48-70-57(62)42-36-30-22-14-12-10-8-2)77-60(65)45-39-33-27-26-29-35-41-53(5)6/h52-56,61H,7-51H2,1-6H3,(H,66,67)(H,68,69)/t54-,55-,56-/m1/s1. The molecule has 0 aromatic heterocycles. The van der Waals surface area contributed by atoms with E-state index in [4.69, 9.17) is 37.0 Å². The predicted molar refractivity (Wildman–Crippen MR) is 312 cm³/mol. The quantitative estimate of drug-likeness (QED) is 0.0222. The zero-order chi connectivity index (χ0) is 58.7. The molecule has 0 aromatic carbocycles. The number of phosphoric acid groups is 2. The van der Waals surface area contributed by atoms with Gasteiger partial charge in [0.25, 0.3) is 0 Å². The summed E-state index contributed by atoms with van der Waals surface area (Å²) in [5.41, 5.74) is 0. The average molecular weight is 1170 g/mol. The fourth-order valence-electron chi connectivity index (χ4n) is 8.82. The van der Waals surface area contributed by atoms with Gasteiger partial charge in [-0.15, -0.1) is 0 Å². The van der Waals surface area contributed by atoms with Gasteiger partial charge in [0.05, 0.1) is 26.4 Å². The highest BCUT2D eigenvalue weighted by Gasteiger charge is 2.30. The van der Waals surface area contributed by atoms with Gasteiger partial charge in [-0.1, -0.05) is 241 Å². The molecule has 0 saturated carbocycles. The van der Waals surface area contributed by atoms with Crippen LogP contribution in [-0.4, -0.2) is 96.7 Å². The number of hydrogen-bond acceptors (Lipinski definition) is 15. The van der Waals surface area contributed by atoms with Crippen LogP contribution in [0, 0.1) is 11.8 Å². The molecule has 0 radical (unpaired) electrons. The molecule has 0 fully saturated rings. The van der Waals surface area contributed by atoms with Gasteiger partial charge in [0, 0.05) is 25.7 Å². The van der Waals surface area contributed by atoms with Crippen molar-refractivity contribution in [2.24, 2.45) is 11.8 Å². The smallest absolute Gasteiger partial charge is 0.462 e.